The number of ether oxygens (including phenoxy) is 1. The van der Waals surface area contributed by atoms with Gasteiger partial charge in [-0.25, -0.2) is 0 Å². The van der Waals surface area contributed by atoms with E-state index < -0.39 is 0 Å². The Kier molecular flexibility index (Phi) is 6.67. The standard InChI is InChI=1S/C23H27N3O2/c1-17(22(16-24)23(27)25-10-13-28-2)18-6-7-20-15-21(9-8-19(20)14-18)26-11-4-3-5-12-26/h6-9,14-15H,3-5,10-13H2,1-2H3,(H,25,27)/b22-17+. The Hall–Kier alpha value is -2.84. The van der Waals surface area contributed by atoms with Gasteiger partial charge >= 0.3 is 0 Å². The second-order valence-electron chi connectivity index (χ2n) is 7.15. The molecule has 0 radical (unpaired) electrons. The minimum atomic E-state index is -0.363. The normalized spacial score (nSPS) is 15.1. The lowest BCUT2D eigenvalue weighted by Gasteiger charge is -2.29. The minimum Gasteiger partial charge on any atom is -0.383 e. The Bertz CT molecular complexity index is 921. The second kappa shape index (κ2) is 9.38. The van der Waals surface area contributed by atoms with Crippen LogP contribution in [0.1, 0.15) is 31.7 Å². The molecule has 0 aromatic heterocycles. The van der Waals surface area contributed by atoms with Gasteiger partial charge in [0.2, 0.25) is 0 Å². The SMILES string of the molecule is COCCNC(=O)/C(C#N)=C(\C)c1ccc2cc(N3CCCCC3)ccc2c1. The fraction of sp³-hybridized carbons (Fsp3) is 0.391. The van der Waals surface area contributed by atoms with Crippen LogP contribution in [0.5, 0.6) is 0 Å². The fourth-order valence-corrected chi connectivity index (χ4v) is 3.62. The number of methoxy groups -OCH3 is 1. The van der Waals surface area contributed by atoms with Crippen molar-refractivity contribution >= 4 is 27.9 Å². The molecule has 5 heteroatoms. The first kappa shape index (κ1) is 19.9. The zero-order chi connectivity index (χ0) is 19.9. The molecule has 1 N–H and O–H groups in total. The number of hydrogen-bond donors (Lipinski definition) is 1. The van der Waals surface area contributed by atoms with Gasteiger partial charge in [-0.1, -0.05) is 18.2 Å². The third-order valence-corrected chi connectivity index (χ3v) is 5.28. The highest BCUT2D eigenvalue weighted by Crippen LogP contribution is 2.28. The maximum absolute atomic E-state index is 12.3. The Labute approximate surface area is 166 Å². The molecule has 1 saturated heterocycles. The van der Waals surface area contributed by atoms with Crippen molar-refractivity contribution in [1.29, 1.82) is 5.26 Å². The number of piperidine rings is 1. The number of allylic oxidation sites excluding steroid dienone is 1. The van der Waals surface area contributed by atoms with Crippen LogP contribution in [0.4, 0.5) is 5.69 Å². The molecule has 0 spiro atoms. The van der Waals surface area contributed by atoms with Gasteiger partial charge in [0.25, 0.3) is 5.91 Å². The average molecular weight is 377 g/mol. The molecule has 0 bridgehead atoms. The summed E-state index contributed by atoms with van der Waals surface area (Å²) in [6, 6.07) is 14.7. The van der Waals surface area contributed by atoms with Crippen molar-refractivity contribution in [2.75, 3.05) is 38.3 Å². The van der Waals surface area contributed by atoms with Crippen molar-refractivity contribution in [2.24, 2.45) is 0 Å². The number of nitriles is 1. The van der Waals surface area contributed by atoms with Crippen LogP contribution in [0.3, 0.4) is 0 Å². The molecule has 0 unspecified atom stereocenters. The van der Waals surface area contributed by atoms with Crippen molar-refractivity contribution in [3.05, 3.63) is 47.5 Å². The summed E-state index contributed by atoms with van der Waals surface area (Å²) in [5.74, 6) is -0.363. The van der Waals surface area contributed by atoms with Crippen LogP contribution in [0.25, 0.3) is 16.3 Å². The van der Waals surface area contributed by atoms with E-state index >= 15 is 0 Å². The summed E-state index contributed by atoms with van der Waals surface area (Å²) in [7, 11) is 1.57. The summed E-state index contributed by atoms with van der Waals surface area (Å²) in [4.78, 5) is 14.7. The van der Waals surface area contributed by atoms with Crippen molar-refractivity contribution in [2.45, 2.75) is 26.2 Å². The second-order valence-corrected chi connectivity index (χ2v) is 7.15. The molecular formula is C23H27N3O2. The van der Waals surface area contributed by atoms with Gasteiger partial charge in [0.15, 0.2) is 0 Å². The van der Waals surface area contributed by atoms with E-state index in [1.54, 1.807) is 7.11 Å². The van der Waals surface area contributed by atoms with E-state index in [1.165, 1.54) is 30.3 Å². The van der Waals surface area contributed by atoms with Crippen LogP contribution in [0, 0.1) is 11.3 Å². The number of benzene rings is 2. The van der Waals surface area contributed by atoms with Crippen molar-refractivity contribution in [3.63, 3.8) is 0 Å². The number of nitrogens with one attached hydrogen (secondary N) is 1. The van der Waals surface area contributed by atoms with Crippen molar-refractivity contribution in [1.82, 2.24) is 5.32 Å². The summed E-state index contributed by atoms with van der Waals surface area (Å²) in [5, 5.41) is 14.5. The summed E-state index contributed by atoms with van der Waals surface area (Å²) in [5.41, 5.74) is 2.97. The summed E-state index contributed by atoms with van der Waals surface area (Å²) in [6.45, 7) is 4.85. The monoisotopic (exact) mass is 377 g/mol. The number of carbonyl (C=O) groups is 1. The fourth-order valence-electron chi connectivity index (χ4n) is 3.62. The highest BCUT2D eigenvalue weighted by atomic mass is 16.5. The third kappa shape index (κ3) is 4.52. The highest BCUT2D eigenvalue weighted by Gasteiger charge is 2.15. The molecule has 0 atom stereocenters. The molecule has 3 rings (SSSR count). The molecule has 1 fully saturated rings. The van der Waals surface area contributed by atoms with Crippen LogP contribution in [-0.4, -0.2) is 39.3 Å². The molecule has 2 aromatic carbocycles. The van der Waals surface area contributed by atoms with E-state index in [-0.39, 0.29) is 11.5 Å². The zero-order valence-electron chi connectivity index (χ0n) is 16.6. The lowest BCUT2D eigenvalue weighted by Crippen LogP contribution is -2.29. The largest absolute Gasteiger partial charge is 0.383 e. The lowest BCUT2D eigenvalue weighted by atomic mass is 9.98. The molecule has 1 heterocycles. The maximum atomic E-state index is 12.3. The first-order valence-electron chi connectivity index (χ1n) is 9.81. The smallest absolute Gasteiger partial charge is 0.262 e. The third-order valence-electron chi connectivity index (χ3n) is 5.28. The Morgan fingerprint density at radius 3 is 2.57 bits per heavy atom. The number of nitrogens with zero attached hydrogens (tertiary/aromatic N) is 2. The van der Waals surface area contributed by atoms with E-state index in [0.717, 1.165) is 24.0 Å². The summed E-state index contributed by atoms with van der Waals surface area (Å²) >= 11 is 0. The molecule has 1 aliphatic rings. The van der Waals surface area contributed by atoms with Gasteiger partial charge < -0.3 is 15.0 Å². The van der Waals surface area contributed by atoms with Gasteiger partial charge in [0.1, 0.15) is 11.6 Å². The molecule has 2 aromatic rings. The van der Waals surface area contributed by atoms with Crippen molar-refractivity contribution in [3.8, 4) is 6.07 Å². The molecular weight excluding hydrogens is 350 g/mol. The first-order chi connectivity index (χ1) is 13.6. The Balaban J connectivity index is 1.86. The van der Waals surface area contributed by atoms with E-state index in [2.05, 4.69) is 34.5 Å². The van der Waals surface area contributed by atoms with E-state index in [9.17, 15) is 10.1 Å². The Morgan fingerprint density at radius 1 is 1.14 bits per heavy atom. The van der Waals surface area contributed by atoms with Gasteiger partial charge in [-0.2, -0.15) is 5.26 Å². The molecule has 1 amide bonds. The predicted molar refractivity (Wildman–Crippen MR) is 113 cm³/mol. The topological polar surface area (TPSA) is 65.4 Å². The molecule has 1 aliphatic heterocycles. The van der Waals surface area contributed by atoms with Gasteiger partial charge in [0.05, 0.1) is 6.61 Å². The van der Waals surface area contributed by atoms with Crippen LogP contribution >= 0.6 is 0 Å². The quantitative estimate of drug-likeness (QED) is 0.471. The molecule has 28 heavy (non-hydrogen) atoms. The summed E-state index contributed by atoms with van der Waals surface area (Å²) in [6.07, 6.45) is 3.83. The maximum Gasteiger partial charge on any atom is 0.262 e. The lowest BCUT2D eigenvalue weighted by molar-refractivity contribution is -0.117. The predicted octanol–water partition coefficient (Wildman–Crippen LogP) is 3.89. The van der Waals surface area contributed by atoms with Gasteiger partial charge in [-0.15, -0.1) is 0 Å². The number of hydrogen-bond acceptors (Lipinski definition) is 4. The molecule has 0 saturated carbocycles. The highest BCUT2D eigenvalue weighted by molar-refractivity contribution is 6.05. The van der Waals surface area contributed by atoms with Crippen LogP contribution in [0.15, 0.2) is 42.0 Å². The average Bonchev–Trinajstić information content (AvgIpc) is 2.74. The zero-order valence-corrected chi connectivity index (χ0v) is 16.6. The number of amides is 1. The molecule has 5 nitrogen and oxygen atoms in total. The van der Waals surface area contributed by atoms with Gasteiger partial charge in [0, 0.05) is 32.4 Å². The van der Waals surface area contributed by atoms with Crippen LogP contribution in [0.2, 0.25) is 0 Å². The first-order valence-corrected chi connectivity index (χ1v) is 9.81. The van der Waals surface area contributed by atoms with Crippen LogP contribution in [-0.2, 0) is 9.53 Å². The van der Waals surface area contributed by atoms with Crippen LogP contribution < -0.4 is 10.2 Å². The molecule has 0 aliphatic carbocycles. The van der Waals surface area contributed by atoms with Gasteiger partial charge in [-0.3, -0.25) is 4.79 Å². The minimum absolute atomic E-state index is 0.139. The van der Waals surface area contributed by atoms with E-state index in [1.807, 2.05) is 25.1 Å². The number of rotatable bonds is 6. The van der Waals surface area contributed by atoms with E-state index in [0.29, 0.717) is 18.7 Å². The van der Waals surface area contributed by atoms with Crippen molar-refractivity contribution < 1.29 is 9.53 Å². The number of anilines is 1. The number of carbonyl (C=O) groups excluding carboxylic acids is 1. The van der Waals surface area contributed by atoms with Gasteiger partial charge in [-0.05, 0) is 66.3 Å². The Morgan fingerprint density at radius 2 is 1.86 bits per heavy atom. The summed E-state index contributed by atoms with van der Waals surface area (Å²) < 4.78 is 4.94. The molecule has 146 valence electrons. The van der Waals surface area contributed by atoms with E-state index in [4.69, 9.17) is 4.74 Å². The number of fused-ring (bicyclic) bond motifs is 1.